The van der Waals surface area contributed by atoms with Gasteiger partial charge < -0.3 is 15.1 Å². The predicted octanol–water partition coefficient (Wildman–Crippen LogP) is 1.30. The molecule has 1 N–H and O–H groups in total. The molecule has 5 nitrogen and oxygen atoms in total. The van der Waals surface area contributed by atoms with Crippen LogP contribution in [0.1, 0.15) is 27.1 Å². The third-order valence-electron chi connectivity index (χ3n) is 3.30. The van der Waals surface area contributed by atoms with Gasteiger partial charge in [0.15, 0.2) is 6.29 Å². The second-order valence-electron chi connectivity index (χ2n) is 4.78. The molecule has 0 unspecified atom stereocenters. The molecule has 20 heavy (non-hydrogen) atoms. The Kier molecular flexibility index (Phi) is 4.76. The predicted molar refractivity (Wildman–Crippen MR) is 77.3 cm³/mol. The molecule has 0 aromatic heterocycles. The van der Waals surface area contributed by atoms with E-state index >= 15 is 0 Å². The van der Waals surface area contributed by atoms with Crippen molar-refractivity contribution in [3.63, 3.8) is 0 Å². The summed E-state index contributed by atoms with van der Waals surface area (Å²) in [5.41, 5.74) is 0.906. The molecule has 1 aromatic rings. The first-order chi connectivity index (χ1) is 9.72. The number of carbonyl (C=O) groups excluding carboxylic acids is 2. The van der Waals surface area contributed by atoms with E-state index in [1.165, 1.54) is 0 Å². The van der Waals surface area contributed by atoms with E-state index in [4.69, 9.17) is 0 Å². The molecule has 5 heteroatoms. The summed E-state index contributed by atoms with van der Waals surface area (Å²) in [4.78, 5) is 27.0. The Morgan fingerprint density at radius 2 is 2.25 bits per heavy atom. The summed E-state index contributed by atoms with van der Waals surface area (Å²) in [6.45, 7) is 2.39. The van der Waals surface area contributed by atoms with Crippen LogP contribution in [0.25, 0.3) is 0 Å². The third-order valence-corrected chi connectivity index (χ3v) is 3.30. The van der Waals surface area contributed by atoms with Crippen molar-refractivity contribution in [3.8, 4) is 0 Å². The Morgan fingerprint density at radius 3 is 2.95 bits per heavy atom. The molecule has 0 radical (unpaired) electrons. The van der Waals surface area contributed by atoms with E-state index in [-0.39, 0.29) is 5.91 Å². The van der Waals surface area contributed by atoms with E-state index < -0.39 is 0 Å². The summed E-state index contributed by atoms with van der Waals surface area (Å²) in [7, 11) is 1.77. The van der Waals surface area contributed by atoms with Crippen molar-refractivity contribution in [3.05, 3.63) is 47.8 Å². The van der Waals surface area contributed by atoms with Crippen LogP contribution in [0.2, 0.25) is 0 Å². The van der Waals surface area contributed by atoms with Crippen molar-refractivity contribution in [1.82, 2.24) is 15.1 Å². The Hall–Kier alpha value is -2.30. The van der Waals surface area contributed by atoms with Gasteiger partial charge in [0.05, 0.1) is 12.2 Å². The molecule has 0 aliphatic carbocycles. The molecule has 0 bridgehead atoms. The van der Waals surface area contributed by atoms with Crippen LogP contribution in [-0.2, 0) is 0 Å². The summed E-state index contributed by atoms with van der Waals surface area (Å²) in [5.74, 6) is -0.109. The fraction of sp³-hybridized carbons (Fsp3) is 0.333. The molecule has 1 aliphatic rings. The largest absolute Gasteiger partial charge is 0.373 e. The zero-order valence-corrected chi connectivity index (χ0v) is 11.6. The van der Waals surface area contributed by atoms with Gasteiger partial charge >= 0.3 is 0 Å². The van der Waals surface area contributed by atoms with Crippen LogP contribution in [0, 0.1) is 0 Å². The molecular weight excluding hydrogens is 254 g/mol. The molecule has 1 amide bonds. The van der Waals surface area contributed by atoms with Gasteiger partial charge in [-0.25, -0.2) is 0 Å². The lowest BCUT2D eigenvalue weighted by Gasteiger charge is -2.20. The molecule has 1 aromatic carbocycles. The minimum absolute atomic E-state index is 0.109. The minimum Gasteiger partial charge on any atom is -0.373 e. The van der Waals surface area contributed by atoms with Crippen molar-refractivity contribution >= 4 is 12.2 Å². The maximum atomic E-state index is 12.3. The zero-order chi connectivity index (χ0) is 14.4. The second kappa shape index (κ2) is 6.75. The molecule has 1 heterocycles. The first kappa shape index (κ1) is 14.1. The summed E-state index contributed by atoms with van der Waals surface area (Å²) < 4.78 is 0. The van der Waals surface area contributed by atoms with Gasteiger partial charge in [-0.1, -0.05) is 18.2 Å². The number of nitrogens with zero attached hydrogens (tertiary/aromatic N) is 2. The van der Waals surface area contributed by atoms with Crippen LogP contribution < -0.4 is 5.32 Å². The van der Waals surface area contributed by atoms with E-state index in [9.17, 15) is 9.59 Å². The Labute approximate surface area is 118 Å². The number of amides is 1. The van der Waals surface area contributed by atoms with Crippen LogP contribution in [0.15, 0.2) is 36.7 Å². The van der Waals surface area contributed by atoms with Gasteiger partial charge in [-0.2, -0.15) is 0 Å². The topological polar surface area (TPSA) is 52.6 Å². The second-order valence-corrected chi connectivity index (χ2v) is 4.78. The number of hydrogen-bond acceptors (Lipinski definition) is 4. The van der Waals surface area contributed by atoms with Crippen molar-refractivity contribution in [1.29, 1.82) is 0 Å². The normalized spacial score (nSPS) is 13.2. The molecule has 1 aliphatic heterocycles. The highest BCUT2D eigenvalue weighted by Gasteiger charge is 2.15. The minimum atomic E-state index is -0.109. The summed E-state index contributed by atoms with van der Waals surface area (Å²) in [6.07, 6.45) is 5.53. The van der Waals surface area contributed by atoms with Crippen LogP contribution in [0.3, 0.4) is 0 Å². The highest BCUT2D eigenvalue weighted by Crippen LogP contribution is 2.09. The van der Waals surface area contributed by atoms with Gasteiger partial charge in [0, 0.05) is 38.1 Å². The third kappa shape index (κ3) is 3.38. The first-order valence-corrected chi connectivity index (χ1v) is 6.66. The fourth-order valence-electron chi connectivity index (χ4n) is 2.15. The smallest absolute Gasteiger partial charge is 0.254 e. The van der Waals surface area contributed by atoms with Crippen molar-refractivity contribution < 1.29 is 9.59 Å². The van der Waals surface area contributed by atoms with Gasteiger partial charge in [-0.15, -0.1) is 0 Å². The van der Waals surface area contributed by atoms with Gasteiger partial charge in [0.25, 0.3) is 5.91 Å². The molecule has 0 fully saturated rings. The zero-order valence-electron chi connectivity index (χ0n) is 11.6. The molecule has 0 saturated heterocycles. The Balaban J connectivity index is 1.87. The standard InChI is InChI=1S/C15H19N3O2/c1-17(8-4-9-18-10-7-16-12-18)15(20)14-6-3-2-5-13(14)11-19/h2-3,5-7,10-11,16H,4,8-9,12H2,1H3. The van der Waals surface area contributed by atoms with Gasteiger partial charge in [-0.3, -0.25) is 9.59 Å². The summed E-state index contributed by atoms with van der Waals surface area (Å²) in [5, 5.41) is 3.10. The number of rotatable bonds is 6. The first-order valence-electron chi connectivity index (χ1n) is 6.66. The Morgan fingerprint density at radius 1 is 1.45 bits per heavy atom. The molecule has 2 rings (SSSR count). The lowest BCUT2D eigenvalue weighted by molar-refractivity contribution is 0.0787. The maximum Gasteiger partial charge on any atom is 0.254 e. The van der Waals surface area contributed by atoms with Gasteiger partial charge in [0.2, 0.25) is 0 Å². The van der Waals surface area contributed by atoms with E-state index in [1.54, 1.807) is 36.2 Å². The SMILES string of the molecule is CN(CCCN1C=CNC1)C(=O)c1ccccc1C=O. The molecule has 0 spiro atoms. The monoisotopic (exact) mass is 273 g/mol. The Bertz CT molecular complexity index is 514. The van der Waals surface area contributed by atoms with Crippen molar-refractivity contribution in [2.75, 3.05) is 26.8 Å². The van der Waals surface area contributed by atoms with E-state index in [0.29, 0.717) is 17.7 Å². The molecule has 0 saturated carbocycles. The number of aldehydes is 1. The quantitative estimate of drug-likeness (QED) is 0.794. The van der Waals surface area contributed by atoms with Crippen LogP contribution in [0.4, 0.5) is 0 Å². The average molecular weight is 273 g/mol. The molecular formula is C15H19N3O2. The summed E-state index contributed by atoms with van der Waals surface area (Å²) in [6, 6.07) is 6.88. The number of hydrogen-bond donors (Lipinski definition) is 1. The average Bonchev–Trinajstić information content (AvgIpc) is 2.99. The maximum absolute atomic E-state index is 12.3. The van der Waals surface area contributed by atoms with Crippen LogP contribution >= 0.6 is 0 Å². The number of carbonyl (C=O) groups is 2. The van der Waals surface area contributed by atoms with Crippen LogP contribution in [-0.4, -0.2) is 48.8 Å². The van der Waals surface area contributed by atoms with E-state index in [1.807, 2.05) is 12.4 Å². The lowest BCUT2D eigenvalue weighted by Crippen LogP contribution is -2.31. The van der Waals surface area contributed by atoms with Gasteiger partial charge in [0.1, 0.15) is 0 Å². The van der Waals surface area contributed by atoms with E-state index in [0.717, 1.165) is 25.9 Å². The molecule has 106 valence electrons. The van der Waals surface area contributed by atoms with E-state index in [2.05, 4.69) is 10.2 Å². The van der Waals surface area contributed by atoms with Crippen LogP contribution in [0.5, 0.6) is 0 Å². The van der Waals surface area contributed by atoms with Gasteiger partial charge in [-0.05, 0) is 12.5 Å². The summed E-state index contributed by atoms with van der Waals surface area (Å²) >= 11 is 0. The lowest BCUT2D eigenvalue weighted by atomic mass is 10.1. The van der Waals surface area contributed by atoms with Crippen molar-refractivity contribution in [2.45, 2.75) is 6.42 Å². The van der Waals surface area contributed by atoms with Crippen molar-refractivity contribution in [2.24, 2.45) is 0 Å². The highest BCUT2D eigenvalue weighted by molar-refractivity contribution is 6.01. The number of benzene rings is 1. The number of nitrogens with one attached hydrogen (secondary N) is 1. The fourth-order valence-corrected chi connectivity index (χ4v) is 2.15. The highest BCUT2D eigenvalue weighted by atomic mass is 16.2. The molecule has 0 atom stereocenters.